The van der Waals surface area contributed by atoms with Crippen molar-refractivity contribution >= 4 is 35.2 Å². The number of hydrazone groups is 1. The molecule has 0 spiro atoms. The molecule has 2 heterocycles. The molecule has 0 saturated carbocycles. The SMILES string of the molecule is Cc1cc(C)n(-c2cc(N/N=C\c3cc(Cl)cc(Cl)c3O)ncn2)n1. The molecule has 0 saturated heterocycles. The molecule has 1 aromatic carbocycles. The van der Waals surface area contributed by atoms with Crippen molar-refractivity contribution in [3.05, 3.63) is 57.6 Å². The smallest absolute Gasteiger partial charge is 0.159 e. The van der Waals surface area contributed by atoms with Crippen molar-refractivity contribution in [2.75, 3.05) is 5.43 Å². The van der Waals surface area contributed by atoms with Gasteiger partial charge in [0.15, 0.2) is 11.6 Å². The van der Waals surface area contributed by atoms with E-state index in [1.54, 1.807) is 16.8 Å². The number of phenols is 1. The molecule has 0 amide bonds. The monoisotopic (exact) mass is 376 g/mol. The molecule has 0 fully saturated rings. The van der Waals surface area contributed by atoms with E-state index >= 15 is 0 Å². The largest absolute Gasteiger partial charge is 0.506 e. The van der Waals surface area contributed by atoms with Gasteiger partial charge in [-0.15, -0.1) is 0 Å². The van der Waals surface area contributed by atoms with Crippen LogP contribution < -0.4 is 5.43 Å². The summed E-state index contributed by atoms with van der Waals surface area (Å²) >= 11 is 11.8. The molecule has 9 heteroatoms. The number of halogens is 2. The molecule has 2 N–H and O–H groups in total. The average molecular weight is 377 g/mol. The van der Waals surface area contributed by atoms with Gasteiger partial charge < -0.3 is 5.11 Å². The van der Waals surface area contributed by atoms with Gasteiger partial charge in [-0.25, -0.2) is 14.6 Å². The Balaban J connectivity index is 1.81. The van der Waals surface area contributed by atoms with Gasteiger partial charge in [0.1, 0.15) is 12.1 Å². The highest BCUT2D eigenvalue weighted by Crippen LogP contribution is 2.30. The second kappa shape index (κ2) is 7.08. The third-order valence-corrected chi connectivity index (χ3v) is 3.83. The van der Waals surface area contributed by atoms with Crippen LogP contribution in [0.3, 0.4) is 0 Å². The maximum Gasteiger partial charge on any atom is 0.159 e. The van der Waals surface area contributed by atoms with Crippen LogP contribution in [0.25, 0.3) is 5.82 Å². The van der Waals surface area contributed by atoms with Crippen molar-refractivity contribution in [2.45, 2.75) is 13.8 Å². The van der Waals surface area contributed by atoms with Crippen molar-refractivity contribution in [1.29, 1.82) is 0 Å². The normalized spacial score (nSPS) is 11.2. The Labute approximate surface area is 154 Å². The summed E-state index contributed by atoms with van der Waals surface area (Å²) in [5.41, 5.74) is 5.02. The van der Waals surface area contributed by atoms with Crippen LogP contribution in [0.1, 0.15) is 17.0 Å². The molecular weight excluding hydrogens is 363 g/mol. The van der Waals surface area contributed by atoms with E-state index in [0.29, 0.717) is 22.2 Å². The van der Waals surface area contributed by atoms with Crippen LogP contribution in [0.5, 0.6) is 5.75 Å². The zero-order chi connectivity index (χ0) is 18.0. The van der Waals surface area contributed by atoms with Gasteiger partial charge in [0.2, 0.25) is 0 Å². The third-order valence-electron chi connectivity index (χ3n) is 3.32. The summed E-state index contributed by atoms with van der Waals surface area (Å²) in [7, 11) is 0. The Bertz CT molecular complexity index is 954. The lowest BCUT2D eigenvalue weighted by Crippen LogP contribution is -2.04. The Hall–Kier alpha value is -2.64. The lowest BCUT2D eigenvalue weighted by molar-refractivity contribution is 0.475. The van der Waals surface area contributed by atoms with Gasteiger partial charge in [-0.2, -0.15) is 10.2 Å². The van der Waals surface area contributed by atoms with E-state index in [-0.39, 0.29) is 10.8 Å². The zero-order valence-corrected chi connectivity index (χ0v) is 14.9. The first-order valence-corrected chi connectivity index (χ1v) is 8.02. The van der Waals surface area contributed by atoms with Crippen LogP contribution in [0, 0.1) is 13.8 Å². The van der Waals surface area contributed by atoms with Gasteiger partial charge in [0.05, 0.1) is 16.9 Å². The molecule has 0 radical (unpaired) electrons. The van der Waals surface area contributed by atoms with Crippen LogP contribution in [-0.4, -0.2) is 31.1 Å². The van der Waals surface area contributed by atoms with Crippen LogP contribution in [0.15, 0.2) is 35.7 Å². The number of phenolic OH excluding ortho intramolecular Hbond substituents is 1. The second-order valence-corrected chi connectivity index (χ2v) is 6.14. The van der Waals surface area contributed by atoms with Crippen LogP contribution in [-0.2, 0) is 0 Å². The fourth-order valence-corrected chi connectivity index (χ4v) is 2.75. The zero-order valence-electron chi connectivity index (χ0n) is 13.4. The first-order valence-electron chi connectivity index (χ1n) is 7.27. The van der Waals surface area contributed by atoms with E-state index in [0.717, 1.165) is 11.4 Å². The van der Waals surface area contributed by atoms with E-state index in [4.69, 9.17) is 23.2 Å². The summed E-state index contributed by atoms with van der Waals surface area (Å²) in [6.07, 6.45) is 2.82. The number of anilines is 1. The van der Waals surface area contributed by atoms with Crippen LogP contribution >= 0.6 is 23.2 Å². The number of nitrogens with zero attached hydrogens (tertiary/aromatic N) is 5. The van der Waals surface area contributed by atoms with Gasteiger partial charge in [-0.05, 0) is 32.0 Å². The molecule has 0 bridgehead atoms. The maximum atomic E-state index is 9.90. The summed E-state index contributed by atoms with van der Waals surface area (Å²) in [4.78, 5) is 8.31. The van der Waals surface area contributed by atoms with Crippen molar-refractivity contribution < 1.29 is 5.11 Å². The lowest BCUT2D eigenvalue weighted by Gasteiger charge is -2.05. The summed E-state index contributed by atoms with van der Waals surface area (Å²) in [6, 6.07) is 6.67. The minimum absolute atomic E-state index is 0.0948. The number of aromatic nitrogens is 4. The van der Waals surface area contributed by atoms with Gasteiger partial charge >= 0.3 is 0 Å². The predicted molar refractivity (Wildman–Crippen MR) is 98.0 cm³/mol. The topological polar surface area (TPSA) is 88.2 Å². The summed E-state index contributed by atoms with van der Waals surface area (Å²) in [5, 5.41) is 18.9. The molecular formula is C16H14Cl2N6O. The predicted octanol–water partition coefficient (Wildman–Crippen LogP) is 3.74. The van der Waals surface area contributed by atoms with Crippen molar-refractivity contribution in [3.63, 3.8) is 0 Å². The van der Waals surface area contributed by atoms with Gasteiger partial charge in [-0.1, -0.05) is 23.2 Å². The first-order chi connectivity index (χ1) is 11.9. The standard InChI is InChI=1S/C16H14Cl2N6O/c1-9-3-10(2)24(23-9)15-6-14(19-8-20-15)22-21-7-11-4-12(17)5-13(18)16(11)25/h3-8,25H,1-2H3,(H,19,20,22)/b21-7-. The highest BCUT2D eigenvalue weighted by Gasteiger charge is 2.07. The molecule has 7 nitrogen and oxygen atoms in total. The minimum atomic E-state index is -0.0948. The van der Waals surface area contributed by atoms with Crippen molar-refractivity contribution in [1.82, 2.24) is 19.7 Å². The number of benzene rings is 1. The second-order valence-electron chi connectivity index (χ2n) is 5.30. The molecule has 3 aromatic rings. The van der Waals surface area contributed by atoms with E-state index in [1.807, 2.05) is 19.9 Å². The Kier molecular flexibility index (Phi) is 4.87. The fourth-order valence-electron chi connectivity index (χ4n) is 2.24. The number of aromatic hydroxyl groups is 1. The quantitative estimate of drug-likeness (QED) is 0.534. The van der Waals surface area contributed by atoms with Gasteiger partial charge in [0, 0.05) is 22.3 Å². The molecule has 2 aromatic heterocycles. The molecule has 0 atom stereocenters. The minimum Gasteiger partial charge on any atom is -0.506 e. The summed E-state index contributed by atoms with van der Waals surface area (Å²) < 4.78 is 1.72. The Morgan fingerprint density at radius 2 is 1.96 bits per heavy atom. The van der Waals surface area contributed by atoms with Gasteiger partial charge in [-0.3, -0.25) is 5.43 Å². The molecule has 0 aliphatic carbocycles. The average Bonchev–Trinajstić information content (AvgIpc) is 2.91. The molecule has 0 unspecified atom stereocenters. The van der Waals surface area contributed by atoms with Crippen molar-refractivity contribution in [2.24, 2.45) is 5.10 Å². The molecule has 0 aliphatic rings. The highest BCUT2D eigenvalue weighted by atomic mass is 35.5. The number of rotatable bonds is 4. The molecule has 128 valence electrons. The molecule has 0 aliphatic heterocycles. The van der Waals surface area contributed by atoms with E-state index in [2.05, 4.69) is 25.6 Å². The highest BCUT2D eigenvalue weighted by molar-refractivity contribution is 6.36. The third kappa shape index (κ3) is 3.89. The Morgan fingerprint density at radius 3 is 2.68 bits per heavy atom. The number of nitrogens with one attached hydrogen (secondary N) is 1. The first kappa shape index (κ1) is 17.2. The number of aryl methyl sites for hydroxylation is 2. The Morgan fingerprint density at radius 1 is 1.16 bits per heavy atom. The molecule has 3 rings (SSSR count). The number of hydrogen-bond donors (Lipinski definition) is 2. The number of hydrogen-bond acceptors (Lipinski definition) is 6. The maximum absolute atomic E-state index is 9.90. The summed E-state index contributed by atoms with van der Waals surface area (Å²) in [5.74, 6) is 0.996. The van der Waals surface area contributed by atoms with Gasteiger partial charge in [0.25, 0.3) is 0 Å². The lowest BCUT2D eigenvalue weighted by atomic mass is 10.2. The van der Waals surface area contributed by atoms with Crippen molar-refractivity contribution in [3.8, 4) is 11.6 Å². The van der Waals surface area contributed by atoms with E-state index in [1.165, 1.54) is 18.6 Å². The van der Waals surface area contributed by atoms with E-state index in [9.17, 15) is 5.11 Å². The van der Waals surface area contributed by atoms with Crippen LogP contribution in [0.4, 0.5) is 5.82 Å². The molecule has 25 heavy (non-hydrogen) atoms. The fraction of sp³-hybridized carbons (Fsp3) is 0.125. The summed E-state index contributed by atoms with van der Waals surface area (Å²) in [6.45, 7) is 3.86. The van der Waals surface area contributed by atoms with E-state index < -0.39 is 0 Å². The van der Waals surface area contributed by atoms with Crippen LogP contribution in [0.2, 0.25) is 10.0 Å².